The van der Waals surface area contributed by atoms with E-state index in [4.69, 9.17) is 11.0 Å². The normalized spacial score (nSPS) is 22.9. The highest BCUT2D eigenvalue weighted by Crippen LogP contribution is 2.18. The van der Waals surface area contributed by atoms with Gasteiger partial charge in [0.2, 0.25) is 5.91 Å². The van der Waals surface area contributed by atoms with Gasteiger partial charge in [0.1, 0.15) is 6.04 Å². The summed E-state index contributed by atoms with van der Waals surface area (Å²) in [4.78, 5) is 13.5. The van der Waals surface area contributed by atoms with Gasteiger partial charge in [-0.05, 0) is 25.2 Å². The van der Waals surface area contributed by atoms with Crippen molar-refractivity contribution in [1.82, 2.24) is 4.90 Å². The first kappa shape index (κ1) is 12.0. The van der Waals surface area contributed by atoms with Gasteiger partial charge in [-0.15, -0.1) is 0 Å². The number of carbonyl (C=O) groups is 1. The first-order chi connectivity index (χ1) is 7.06. The molecule has 0 saturated carbocycles. The molecule has 1 saturated heterocycles. The molecule has 84 valence electrons. The zero-order valence-electron chi connectivity index (χ0n) is 9.44. The Kier molecular flexibility index (Phi) is 4.10. The molecule has 0 unspecified atom stereocenters. The van der Waals surface area contributed by atoms with Gasteiger partial charge in [-0.1, -0.05) is 13.8 Å². The number of rotatable bonds is 3. The number of nitriles is 1. The molecule has 1 amide bonds. The standard InChI is InChI=1S/C11H19N3O/c1-8(2)6-10(13)11(15)14-5-3-4-9(14)7-12/h8-10H,3-6,13H2,1-2H3/t9-,10-/m0/s1. The lowest BCUT2D eigenvalue weighted by molar-refractivity contribution is -0.132. The zero-order chi connectivity index (χ0) is 11.4. The van der Waals surface area contributed by atoms with Crippen molar-refractivity contribution < 1.29 is 4.79 Å². The monoisotopic (exact) mass is 209 g/mol. The van der Waals surface area contributed by atoms with Crippen molar-refractivity contribution in [3.63, 3.8) is 0 Å². The quantitative estimate of drug-likeness (QED) is 0.750. The Morgan fingerprint density at radius 1 is 1.67 bits per heavy atom. The molecule has 0 aromatic heterocycles. The Bertz CT molecular complexity index is 269. The Labute approximate surface area is 91.0 Å². The summed E-state index contributed by atoms with van der Waals surface area (Å²) in [6, 6.07) is 1.45. The third-order valence-corrected chi connectivity index (χ3v) is 2.73. The zero-order valence-corrected chi connectivity index (χ0v) is 9.44. The summed E-state index contributed by atoms with van der Waals surface area (Å²) in [6.07, 6.45) is 2.39. The van der Waals surface area contributed by atoms with Crippen LogP contribution in [0.25, 0.3) is 0 Å². The second-order valence-electron chi connectivity index (χ2n) is 4.55. The maximum Gasteiger partial charge on any atom is 0.240 e. The fraction of sp³-hybridized carbons (Fsp3) is 0.818. The molecule has 2 atom stereocenters. The van der Waals surface area contributed by atoms with Gasteiger partial charge in [-0.3, -0.25) is 4.79 Å². The summed E-state index contributed by atoms with van der Waals surface area (Å²) >= 11 is 0. The van der Waals surface area contributed by atoms with Gasteiger partial charge in [-0.2, -0.15) is 5.26 Å². The first-order valence-electron chi connectivity index (χ1n) is 5.52. The SMILES string of the molecule is CC(C)C[C@H](N)C(=O)N1CCC[C@H]1C#N. The number of carbonyl (C=O) groups excluding carboxylic acids is 1. The average molecular weight is 209 g/mol. The van der Waals surface area contributed by atoms with Crippen LogP contribution in [0.15, 0.2) is 0 Å². The second-order valence-corrected chi connectivity index (χ2v) is 4.55. The summed E-state index contributed by atoms with van der Waals surface area (Å²) < 4.78 is 0. The van der Waals surface area contributed by atoms with Crippen molar-refractivity contribution in [1.29, 1.82) is 5.26 Å². The summed E-state index contributed by atoms with van der Waals surface area (Å²) in [5.74, 6) is 0.347. The maximum absolute atomic E-state index is 11.9. The molecule has 0 spiro atoms. The minimum atomic E-state index is -0.445. The lowest BCUT2D eigenvalue weighted by Crippen LogP contribution is -2.46. The summed E-state index contributed by atoms with van der Waals surface area (Å²) in [7, 11) is 0. The number of hydrogen-bond acceptors (Lipinski definition) is 3. The van der Waals surface area contributed by atoms with E-state index >= 15 is 0 Å². The highest BCUT2D eigenvalue weighted by molar-refractivity contribution is 5.82. The molecule has 1 aliphatic heterocycles. The molecule has 2 N–H and O–H groups in total. The van der Waals surface area contributed by atoms with Crippen molar-refractivity contribution >= 4 is 5.91 Å². The lowest BCUT2D eigenvalue weighted by atomic mass is 10.0. The van der Waals surface area contributed by atoms with Crippen molar-refractivity contribution in [3.8, 4) is 6.07 Å². The summed E-state index contributed by atoms with van der Waals surface area (Å²) in [6.45, 7) is 4.76. The topological polar surface area (TPSA) is 70.1 Å². The second kappa shape index (κ2) is 5.13. The molecule has 4 nitrogen and oxygen atoms in total. The van der Waals surface area contributed by atoms with E-state index in [1.807, 2.05) is 13.8 Å². The summed E-state index contributed by atoms with van der Waals surface area (Å²) in [5.41, 5.74) is 5.81. The van der Waals surface area contributed by atoms with Crippen molar-refractivity contribution in [2.45, 2.75) is 45.2 Å². The molecule has 1 aliphatic rings. The van der Waals surface area contributed by atoms with Crippen molar-refractivity contribution in [2.24, 2.45) is 11.7 Å². The van der Waals surface area contributed by atoms with Crippen LogP contribution in [-0.2, 0) is 4.79 Å². The largest absolute Gasteiger partial charge is 0.325 e. The number of hydrogen-bond donors (Lipinski definition) is 1. The minimum Gasteiger partial charge on any atom is -0.325 e. The van der Waals surface area contributed by atoms with Crippen LogP contribution in [0.1, 0.15) is 33.1 Å². The Morgan fingerprint density at radius 2 is 2.33 bits per heavy atom. The molecule has 0 aromatic carbocycles. The Morgan fingerprint density at radius 3 is 2.87 bits per heavy atom. The van der Waals surface area contributed by atoms with Crippen LogP contribution >= 0.6 is 0 Å². The third kappa shape index (κ3) is 2.93. The molecule has 0 radical (unpaired) electrons. The maximum atomic E-state index is 11.9. The Balaban J connectivity index is 2.56. The molecule has 15 heavy (non-hydrogen) atoms. The molecule has 1 heterocycles. The van der Waals surface area contributed by atoms with Crippen LogP contribution in [0.5, 0.6) is 0 Å². The number of nitrogens with zero attached hydrogens (tertiary/aromatic N) is 2. The van der Waals surface area contributed by atoms with Gasteiger partial charge in [0.25, 0.3) is 0 Å². The molecule has 0 aromatic rings. The van der Waals surface area contributed by atoms with E-state index in [9.17, 15) is 4.79 Å². The van der Waals surface area contributed by atoms with E-state index in [1.165, 1.54) is 0 Å². The molecule has 1 fully saturated rings. The van der Waals surface area contributed by atoms with Crippen LogP contribution < -0.4 is 5.73 Å². The van der Waals surface area contributed by atoms with E-state index in [2.05, 4.69) is 6.07 Å². The predicted molar refractivity (Wildman–Crippen MR) is 57.8 cm³/mol. The smallest absolute Gasteiger partial charge is 0.240 e. The number of nitrogens with two attached hydrogens (primary N) is 1. The molecule has 0 bridgehead atoms. The van der Waals surface area contributed by atoms with E-state index in [0.717, 1.165) is 12.8 Å². The van der Waals surface area contributed by atoms with Gasteiger partial charge in [-0.25, -0.2) is 0 Å². The van der Waals surface area contributed by atoms with Crippen LogP contribution in [-0.4, -0.2) is 29.4 Å². The van der Waals surface area contributed by atoms with Crippen molar-refractivity contribution in [3.05, 3.63) is 0 Å². The van der Waals surface area contributed by atoms with Crippen LogP contribution in [0.4, 0.5) is 0 Å². The van der Waals surface area contributed by atoms with E-state index in [0.29, 0.717) is 18.9 Å². The Hall–Kier alpha value is -1.08. The number of amides is 1. The van der Waals surface area contributed by atoms with Crippen LogP contribution in [0.3, 0.4) is 0 Å². The van der Waals surface area contributed by atoms with E-state index in [-0.39, 0.29) is 11.9 Å². The molecular formula is C11H19N3O. The van der Waals surface area contributed by atoms with Crippen molar-refractivity contribution in [2.75, 3.05) is 6.54 Å². The van der Waals surface area contributed by atoms with Crippen LogP contribution in [0.2, 0.25) is 0 Å². The molecule has 1 rings (SSSR count). The third-order valence-electron chi connectivity index (χ3n) is 2.73. The fourth-order valence-electron chi connectivity index (χ4n) is 1.99. The minimum absolute atomic E-state index is 0.0623. The molecule has 4 heteroatoms. The fourth-order valence-corrected chi connectivity index (χ4v) is 1.99. The van der Waals surface area contributed by atoms with E-state index in [1.54, 1.807) is 4.90 Å². The average Bonchev–Trinajstić information content (AvgIpc) is 2.62. The first-order valence-corrected chi connectivity index (χ1v) is 5.52. The predicted octanol–water partition coefficient (Wildman–Crippen LogP) is 0.874. The molecular weight excluding hydrogens is 190 g/mol. The molecule has 0 aliphatic carbocycles. The number of likely N-dealkylation sites (tertiary alicyclic amines) is 1. The highest BCUT2D eigenvalue weighted by Gasteiger charge is 2.31. The van der Waals surface area contributed by atoms with Gasteiger partial charge in [0, 0.05) is 6.54 Å². The van der Waals surface area contributed by atoms with Gasteiger partial charge in [0.15, 0.2) is 0 Å². The highest BCUT2D eigenvalue weighted by atomic mass is 16.2. The van der Waals surface area contributed by atoms with Gasteiger partial charge >= 0.3 is 0 Å². The summed E-state index contributed by atoms with van der Waals surface area (Å²) in [5, 5.41) is 8.86. The van der Waals surface area contributed by atoms with Crippen LogP contribution in [0, 0.1) is 17.2 Å². The van der Waals surface area contributed by atoms with E-state index < -0.39 is 6.04 Å². The lowest BCUT2D eigenvalue weighted by Gasteiger charge is -2.24. The van der Waals surface area contributed by atoms with Gasteiger partial charge in [0.05, 0.1) is 12.1 Å². The van der Waals surface area contributed by atoms with Gasteiger partial charge < -0.3 is 10.6 Å².